The van der Waals surface area contributed by atoms with Gasteiger partial charge in [0.05, 0.1) is 15.3 Å². The van der Waals surface area contributed by atoms with Crippen molar-refractivity contribution in [3.8, 4) is 11.5 Å². The number of hydrogen-bond acceptors (Lipinski definition) is 5. The summed E-state index contributed by atoms with van der Waals surface area (Å²) in [6.45, 7) is 2.71. The van der Waals surface area contributed by atoms with Crippen LogP contribution in [0.4, 0.5) is 5.13 Å². The summed E-state index contributed by atoms with van der Waals surface area (Å²) in [7, 11) is 0. The minimum Gasteiger partial charge on any atom is -0.457 e. The van der Waals surface area contributed by atoms with Crippen molar-refractivity contribution in [1.29, 1.82) is 0 Å². The molecule has 3 aromatic carbocycles. The topological polar surface area (TPSA) is 45.7 Å². The van der Waals surface area contributed by atoms with E-state index < -0.39 is 0 Å². The number of anilines is 1. The molecule has 1 aromatic heterocycles. The second-order valence-electron chi connectivity index (χ2n) is 7.27. The Bertz CT molecular complexity index is 1220. The molecule has 1 aliphatic rings. The molecule has 0 spiro atoms. The summed E-state index contributed by atoms with van der Waals surface area (Å²) in [6, 6.07) is 22.8. The Hall–Kier alpha value is -3.09. The molecule has 5 rings (SSSR count). The number of thiazole rings is 1. The lowest BCUT2D eigenvalue weighted by molar-refractivity contribution is 0.0744. The van der Waals surface area contributed by atoms with Crippen LogP contribution >= 0.6 is 22.9 Å². The van der Waals surface area contributed by atoms with E-state index in [4.69, 9.17) is 21.3 Å². The van der Waals surface area contributed by atoms with Gasteiger partial charge in [0.2, 0.25) is 0 Å². The van der Waals surface area contributed by atoms with E-state index in [-0.39, 0.29) is 5.91 Å². The number of fused-ring (bicyclic) bond motifs is 1. The standard InChI is InChI=1S/C24H20ClN3O2S/c25-19-10-6-12-21-22(19)26-24(31-21)28-15-13-27(14-16-28)23(29)18-9-4-5-11-20(18)30-17-7-2-1-3-8-17/h1-12H,13-16H2. The van der Waals surface area contributed by atoms with Gasteiger partial charge in [-0.15, -0.1) is 0 Å². The monoisotopic (exact) mass is 449 g/mol. The molecule has 0 bridgehead atoms. The molecule has 1 amide bonds. The molecule has 7 heteroatoms. The van der Waals surface area contributed by atoms with Crippen LogP contribution < -0.4 is 9.64 Å². The average molecular weight is 450 g/mol. The number of halogens is 1. The van der Waals surface area contributed by atoms with Crippen molar-refractivity contribution in [3.63, 3.8) is 0 Å². The van der Waals surface area contributed by atoms with E-state index in [1.54, 1.807) is 11.3 Å². The molecule has 156 valence electrons. The molecule has 1 aliphatic heterocycles. The summed E-state index contributed by atoms with van der Waals surface area (Å²) < 4.78 is 7.05. The van der Waals surface area contributed by atoms with Crippen LogP contribution in [-0.2, 0) is 0 Å². The minimum absolute atomic E-state index is 0.0153. The van der Waals surface area contributed by atoms with Crippen molar-refractivity contribution in [3.05, 3.63) is 83.4 Å². The first kappa shape index (κ1) is 19.8. The van der Waals surface area contributed by atoms with Crippen molar-refractivity contribution >= 4 is 44.2 Å². The second-order valence-corrected chi connectivity index (χ2v) is 8.69. The Morgan fingerprint density at radius 2 is 1.65 bits per heavy atom. The first-order valence-corrected chi connectivity index (χ1v) is 11.3. The highest BCUT2D eigenvalue weighted by Gasteiger charge is 2.26. The predicted molar refractivity (Wildman–Crippen MR) is 126 cm³/mol. The van der Waals surface area contributed by atoms with Gasteiger partial charge in [0.25, 0.3) is 5.91 Å². The molecule has 2 heterocycles. The molecule has 31 heavy (non-hydrogen) atoms. The molecule has 1 saturated heterocycles. The smallest absolute Gasteiger partial charge is 0.257 e. The number of ether oxygens (including phenoxy) is 1. The maximum absolute atomic E-state index is 13.2. The summed E-state index contributed by atoms with van der Waals surface area (Å²) in [5.41, 5.74) is 1.42. The van der Waals surface area contributed by atoms with E-state index in [9.17, 15) is 4.79 Å². The fourth-order valence-corrected chi connectivity index (χ4v) is 4.97. The van der Waals surface area contributed by atoms with E-state index >= 15 is 0 Å². The molecular weight excluding hydrogens is 430 g/mol. The number of piperazine rings is 1. The van der Waals surface area contributed by atoms with E-state index in [0.29, 0.717) is 35.2 Å². The summed E-state index contributed by atoms with van der Waals surface area (Å²) in [4.78, 5) is 22.0. The molecular formula is C24H20ClN3O2S. The molecule has 0 radical (unpaired) electrons. The van der Waals surface area contributed by atoms with E-state index in [1.165, 1.54) is 0 Å². The maximum atomic E-state index is 13.2. The third kappa shape index (κ3) is 4.09. The molecule has 5 nitrogen and oxygen atoms in total. The van der Waals surface area contributed by atoms with E-state index in [0.717, 1.165) is 28.4 Å². The molecule has 0 N–H and O–H groups in total. The first-order valence-electron chi connectivity index (χ1n) is 10.1. The van der Waals surface area contributed by atoms with Gasteiger partial charge in [0, 0.05) is 26.2 Å². The molecule has 0 unspecified atom stereocenters. The van der Waals surface area contributed by atoms with Crippen LogP contribution in [-0.4, -0.2) is 42.0 Å². The van der Waals surface area contributed by atoms with Crippen molar-refractivity contribution in [2.24, 2.45) is 0 Å². The summed E-state index contributed by atoms with van der Waals surface area (Å²) >= 11 is 7.91. The largest absolute Gasteiger partial charge is 0.457 e. The Morgan fingerprint density at radius 3 is 2.42 bits per heavy atom. The van der Waals surface area contributed by atoms with Gasteiger partial charge < -0.3 is 14.5 Å². The van der Waals surface area contributed by atoms with Crippen LogP contribution in [0.1, 0.15) is 10.4 Å². The lowest BCUT2D eigenvalue weighted by Gasteiger charge is -2.34. The Morgan fingerprint density at radius 1 is 0.903 bits per heavy atom. The van der Waals surface area contributed by atoms with Gasteiger partial charge in [0.15, 0.2) is 5.13 Å². The lowest BCUT2D eigenvalue weighted by Crippen LogP contribution is -2.48. The highest BCUT2D eigenvalue weighted by Crippen LogP contribution is 2.33. The van der Waals surface area contributed by atoms with Gasteiger partial charge in [-0.1, -0.05) is 59.3 Å². The molecule has 4 aromatic rings. The number of carbonyl (C=O) groups is 1. The van der Waals surface area contributed by atoms with Crippen LogP contribution in [0.15, 0.2) is 72.8 Å². The third-order valence-corrected chi connectivity index (χ3v) is 6.67. The van der Waals surface area contributed by atoms with Crippen LogP contribution in [0, 0.1) is 0 Å². The highest BCUT2D eigenvalue weighted by molar-refractivity contribution is 7.22. The predicted octanol–water partition coefficient (Wildman–Crippen LogP) is 5.70. The van der Waals surface area contributed by atoms with Gasteiger partial charge in [-0.2, -0.15) is 0 Å². The summed E-state index contributed by atoms with van der Waals surface area (Å²) in [5, 5.41) is 1.62. The maximum Gasteiger partial charge on any atom is 0.257 e. The van der Waals surface area contributed by atoms with Gasteiger partial charge >= 0.3 is 0 Å². The first-order chi connectivity index (χ1) is 15.2. The van der Waals surface area contributed by atoms with Crippen LogP contribution in [0.25, 0.3) is 10.2 Å². The second kappa shape index (κ2) is 8.57. The fourth-order valence-electron chi connectivity index (χ4n) is 3.66. The molecule has 0 aliphatic carbocycles. The van der Waals surface area contributed by atoms with Crippen molar-refractivity contribution in [2.45, 2.75) is 0 Å². The quantitative estimate of drug-likeness (QED) is 0.400. The summed E-state index contributed by atoms with van der Waals surface area (Å²) in [5.74, 6) is 1.27. The minimum atomic E-state index is -0.0153. The van der Waals surface area contributed by atoms with Crippen molar-refractivity contribution < 1.29 is 9.53 Å². The number of benzene rings is 3. The number of aromatic nitrogens is 1. The Kier molecular flexibility index (Phi) is 5.49. The summed E-state index contributed by atoms with van der Waals surface area (Å²) in [6.07, 6.45) is 0. The van der Waals surface area contributed by atoms with Crippen LogP contribution in [0.5, 0.6) is 11.5 Å². The Labute approximate surface area is 189 Å². The van der Waals surface area contributed by atoms with Crippen molar-refractivity contribution in [2.75, 3.05) is 31.1 Å². The lowest BCUT2D eigenvalue weighted by atomic mass is 10.1. The number of amides is 1. The zero-order valence-electron chi connectivity index (χ0n) is 16.7. The SMILES string of the molecule is O=C(c1ccccc1Oc1ccccc1)N1CCN(c2nc3c(Cl)cccc3s2)CC1. The average Bonchev–Trinajstić information content (AvgIpc) is 3.26. The van der Waals surface area contributed by atoms with Gasteiger partial charge in [0.1, 0.15) is 17.0 Å². The van der Waals surface area contributed by atoms with Crippen LogP contribution in [0.3, 0.4) is 0 Å². The number of para-hydroxylation sites is 3. The number of nitrogens with zero attached hydrogens (tertiary/aromatic N) is 3. The number of rotatable bonds is 4. The highest BCUT2D eigenvalue weighted by atomic mass is 35.5. The Balaban J connectivity index is 1.29. The van der Waals surface area contributed by atoms with E-state index in [2.05, 4.69) is 4.90 Å². The number of carbonyl (C=O) groups excluding carboxylic acids is 1. The molecule has 0 atom stereocenters. The van der Waals surface area contributed by atoms with Gasteiger partial charge in [-0.25, -0.2) is 4.98 Å². The fraction of sp³-hybridized carbons (Fsp3) is 0.167. The third-order valence-electron chi connectivity index (χ3n) is 5.28. The molecule has 0 saturated carbocycles. The zero-order chi connectivity index (χ0) is 21.2. The van der Waals surface area contributed by atoms with Gasteiger partial charge in [-0.05, 0) is 36.4 Å². The van der Waals surface area contributed by atoms with Crippen molar-refractivity contribution in [1.82, 2.24) is 9.88 Å². The van der Waals surface area contributed by atoms with E-state index in [1.807, 2.05) is 77.7 Å². The zero-order valence-corrected chi connectivity index (χ0v) is 18.3. The van der Waals surface area contributed by atoms with Gasteiger partial charge in [-0.3, -0.25) is 4.79 Å². The normalized spacial score (nSPS) is 14.1. The number of hydrogen-bond donors (Lipinski definition) is 0. The van der Waals surface area contributed by atoms with Crippen LogP contribution in [0.2, 0.25) is 5.02 Å². The molecule has 1 fully saturated rings.